The molecule has 0 saturated heterocycles. The van der Waals surface area contributed by atoms with Gasteiger partial charge in [0.05, 0.1) is 7.11 Å². The van der Waals surface area contributed by atoms with Gasteiger partial charge in [0, 0.05) is 0 Å². The lowest BCUT2D eigenvalue weighted by Gasteiger charge is -2.28. The molecule has 0 atom stereocenters. The minimum absolute atomic E-state index is 1.09. The van der Waals surface area contributed by atoms with E-state index in [2.05, 4.69) is 57.3 Å². The number of aryl methyl sites for hydroxylation is 2. The Morgan fingerprint density at radius 3 is 2.44 bits per heavy atom. The monoisotopic (exact) mass is 258 g/mol. The van der Waals surface area contributed by atoms with Crippen LogP contribution in [0.3, 0.4) is 0 Å². The van der Waals surface area contributed by atoms with Gasteiger partial charge in [0.25, 0.3) is 0 Å². The van der Waals surface area contributed by atoms with Gasteiger partial charge in [0.2, 0.25) is 0 Å². The maximum atomic E-state index is 5.66. The quantitative estimate of drug-likeness (QED) is 0.752. The van der Waals surface area contributed by atoms with E-state index in [1.165, 1.54) is 16.3 Å². The zero-order valence-corrected chi connectivity index (χ0v) is 13.0. The number of rotatable bonds is 3. The Labute approximate surface area is 111 Å². The van der Waals surface area contributed by atoms with Crippen LogP contribution in [0.4, 0.5) is 0 Å². The molecule has 1 aromatic rings. The van der Waals surface area contributed by atoms with Crippen LogP contribution in [-0.4, -0.2) is 15.2 Å². The highest BCUT2D eigenvalue weighted by Gasteiger charge is 2.32. The Morgan fingerprint density at radius 1 is 1.17 bits per heavy atom. The molecular weight excluding hydrogens is 236 g/mol. The Morgan fingerprint density at radius 2 is 1.89 bits per heavy atom. The van der Waals surface area contributed by atoms with E-state index in [0.717, 1.165) is 12.2 Å². The smallest absolute Gasteiger partial charge is 0.121 e. The third-order valence-electron chi connectivity index (χ3n) is 3.87. The first-order valence-electron chi connectivity index (χ1n) is 6.48. The highest BCUT2D eigenvalue weighted by molar-refractivity contribution is 6.96. The fourth-order valence-corrected chi connectivity index (χ4v) is 5.72. The molecule has 0 heterocycles. The van der Waals surface area contributed by atoms with Gasteiger partial charge in [-0.15, -0.1) is 0 Å². The van der Waals surface area contributed by atoms with Crippen LogP contribution in [0.1, 0.15) is 17.5 Å². The lowest BCUT2D eigenvalue weighted by molar-refractivity contribution is 0.414. The number of ether oxygens (including phenoxy) is 1. The molecule has 1 aliphatic carbocycles. The molecule has 0 aromatic heterocycles. The minimum atomic E-state index is -1.60. The summed E-state index contributed by atoms with van der Waals surface area (Å²) in [6, 6.07) is 4.52. The van der Waals surface area contributed by atoms with Gasteiger partial charge in [-0.05, 0) is 31.0 Å². The molecule has 1 aliphatic rings. The van der Waals surface area contributed by atoms with Gasteiger partial charge in [-0.25, -0.2) is 0 Å². The van der Waals surface area contributed by atoms with Crippen LogP contribution in [-0.2, 0) is 0 Å². The Hall–Kier alpha value is -1.28. The first-order chi connectivity index (χ1) is 8.46. The van der Waals surface area contributed by atoms with Crippen molar-refractivity contribution < 1.29 is 4.74 Å². The van der Waals surface area contributed by atoms with Crippen molar-refractivity contribution in [2.24, 2.45) is 0 Å². The maximum Gasteiger partial charge on any atom is 0.121 e. The number of benzene rings is 1. The molecule has 0 bridgehead atoms. The van der Waals surface area contributed by atoms with Crippen LogP contribution in [0.25, 0.3) is 0 Å². The first-order valence-corrected chi connectivity index (χ1v) is 9.48. The molecule has 0 spiro atoms. The van der Waals surface area contributed by atoms with Gasteiger partial charge in [-0.3, -0.25) is 0 Å². The van der Waals surface area contributed by atoms with Crippen LogP contribution >= 0.6 is 0 Å². The second-order valence-corrected chi connectivity index (χ2v) is 10.0. The van der Waals surface area contributed by atoms with E-state index in [1.807, 2.05) is 0 Å². The van der Waals surface area contributed by atoms with Gasteiger partial charge in [-0.1, -0.05) is 54.2 Å². The molecule has 0 radical (unpaired) electrons. The molecule has 18 heavy (non-hydrogen) atoms. The summed E-state index contributed by atoms with van der Waals surface area (Å²) in [5.41, 5.74) is 2.58. The van der Waals surface area contributed by atoms with Gasteiger partial charge in [0.1, 0.15) is 13.8 Å². The van der Waals surface area contributed by atoms with E-state index in [0.29, 0.717) is 0 Å². The standard InChI is InChI=1S/C16H22OSi/c1-12-10-13(2)16(17-3)15(11-12)18(4,5)14-8-6-7-9-14/h6-8,10-11H,9H2,1-5H3. The Balaban J connectivity index is 2.56. The lowest BCUT2D eigenvalue weighted by Crippen LogP contribution is -2.44. The molecule has 2 rings (SSSR count). The number of methoxy groups -OCH3 is 1. The average Bonchev–Trinajstić information content (AvgIpc) is 2.82. The van der Waals surface area contributed by atoms with Crippen LogP contribution in [0.2, 0.25) is 13.1 Å². The topological polar surface area (TPSA) is 9.23 Å². The van der Waals surface area contributed by atoms with E-state index in [4.69, 9.17) is 4.74 Å². The molecular formula is C16H22OSi. The molecule has 0 aliphatic heterocycles. The van der Waals surface area contributed by atoms with Crippen molar-refractivity contribution in [1.82, 2.24) is 0 Å². The molecule has 0 unspecified atom stereocenters. The largest absolute Gasteiger partial charge is 0.497 e. The predicted molar refractivity (Wildman–Crippen MR) is 81.4 cm³/mol. The van der Waals surface area contributed by atoms with Gasteiger partial charge in [0.15, 0.2) is 0 Å². The summed E-state index contributed by atoms with van der Waals surface area (Å²) in [7, 11) is 0.184. The third kappa shape index (κ3) is 2.17. The third-order valence-corrected chi connectivity index (χ3v) is 7.56. The second kappa shape index (κ2) is 4.77. The zero-order valence-electron chi connectivity index (χ0n) is 12.0. The molecule has 0 N–H and O–H groups in total. The van der Waals surface area contributed by atoms with Crippen LogP contribution in [0.5, 0.6) is 5.75 Å². The van der Waals surface area contributed by atoms with E-state index in [9.17, 15) is 0 Å². The fourth-order valence-electron chi connectivity index (χ4n) is 2.77. The minimum Gasteiger partial charge on any atom is -0.497 e. The highest BCUT2D eigenvalue weighted by atomic mass is 28.3. The SMILES string of the molecule is COc1c(C)cc(C)cc1[Si](C)(C)C1=CC=CC1. The molecule has 96 valence electrons. The highest BCUT2D eigenvalue weighted by Crippen LogP contribution is 2.28. The van der Waals surface area contributed by atoms with Gasteiger partial charge in [-0.2, -0.15) is 0 Å². The number of hydrogen-bond acceptors (Lipinski definition) is 1. The van der Waals surface area contributed by atoms with Crippen LogP contribution in [0, 0.1) is 13.8 Å². The normalized spacial score (nSPS) is 14.8. The van der Waals surface area contributed by atoms with Crippen molar-refractivity contribution in [3.63, 3.8) is 0 Å². The molecule has 1 aromatic carbocycles. The molecule has 2 heteroatoms. The van der Waals surface area contributed by atoms with Crippen molar-refractivity contribution in [1.29, 1.82) is 0 Å². The predicted octanol–water partition coefficient (Wildman–Crippen LogP) is 3.65. The summed E-state index contributed by atoms with van der Waals surface area (Å²) in [5.74, 6) is 1.09. The Kier molecular flexibility index (Phi) is 3.49. The van der Waals surface area contributed by atoms with Crippen molar-refractivity contribution in [2.75, 3.05) is 7.11 Å². The lowest BCUT2D eigenvalue weighted by atomic mass is 10.1. The van der Waals surface area contributed by atoms with Gasteiger partial charge >= 0.3 is 0 Å². The van der Waals surface area contributed by atoms with E-state index < -0.39 is 8.07 Å². The van der Waals surface area contributed by atoms with Gasteiger partial charge < -0.3 is 4.74 Å². The molecule has 0 saturated carbocycles. The first kappa shape index (κ1) is 13.2. The number of hydrogen-bond donors (Lipinski definition) is 0. The zero-order chi connectivity index (χ0) is 13.3. The molecule has 0 fully saturated rings. The van der Waals surface area contributed by atoms with Crippen molar-refractivity contribution in [3.8, 4) is 5.75 Å². The summed E-state index contributed by atoms with van der Waals surface area (Å²) in [5, 5.41) is 3.02. The van der Waals surface area contributed by atoms with E-state index in [-0.39, 0.29) is 0 Å². The maximum absolute atomic E-state index is 5.66. The van der Waals surface area contributed by atoms with Crippen LogP contribution < -0.4 is 9.92 Å². The van der Waals surface area contributed by atoms with Crippen molar-refractivity contribution in [3.05, 3.63) is 46.7 Å². The summed E-state index contributed by atoms with van der Waals surface area (Å²) < 4.78 is 5.66. The number of allylic oxidation sites excluding steroid dienone is 4. The summed E-state index contributed by atoms with van der Waals surface area (Å²) in [6.07, 6.45) is 7.83. The fraction of sp³-hybridized carbons (Fsp3) is 0.375. The summed E-state index contributed by atoms with van der Waals surface area (Å²) in [6.45, 7) is 9.15. The second-order valence-electron chi connectivity index (χ2n) is 5.61. The van der Waals surface area contributed by atoms with Crippen molar-refractivity contribution in [2.45, 2.75) is 33.4 Å². The Bertz CT molecular complexity index is 524. The molecule has 1 nitrogen and oxygen atoms in total. The van der Waals surface area contributed by atoms with E-state index >= 15 is 0 Å². The summed E-state index contributed by atoms with van der Waals surface area (Å²) >= 11 is 0. The van der Waals surface area contributed by atoms with E-state index in [1.54, 1.807) is 12.3 Å². The molecule has 0 amide bonds. The summed E-state index contributed by atoms with van der Waals surface area (Å²) in [4.78, 5) is 0. The van der Waals surface area contributed by atoms with Crippen LogP contribution in [0.15, 0.2) is 35.6 Å². The van der Waals surface area contributed by atoms with Crippen molar-refractivity contribution >= 4 is 13.3 Å². The average molecular weight is 258 g/mol.